The van der Waals surface area contributed by atoms with Gasteiger partial charge in [0.05, 0.1) is 12.3 Å². The number of aromatic nitrogens is 4. The highest BCUT2D eigenvalue weighted by Crippen LogP contribution is 2.29. The standard InChI is InChI=1S/C24H25FN6O/c25-21-10-8-20(9-11-21)23(24-26-27-28-31(24)18-22-7-4-16-32-22)30-14-12-29(13-15-30)17-19-5-2-1-3-6-19/h1-11,16,23H,12-15,17-18H2/t23-/m0/s1. The van der Waals surface area contributed by atoms with E-state index in [1.165, 1.54) is 17.7 Å². The summed E-state index contributed by atoms with van der Waals surface area (Å²) in [5, 5.41) is 12.5. The van der Waals surface area contributed by atoms with Crippen molar-refractivity contribution in [1.82, 2.24) is 30.0 Å². The molecule has 1 atom stereocenters. The molecule has 1 saturated heterocycles. The monoisotopic (exact) mass is 432 g/mol. The van der Waals surface area contributed by atoms with Gasteiger partial charge in [-0.1, -0.05) is 42.5 Å². The molecule has 3 heterocycles. The van der Waals surface area contributed by atoms with Gasteiger partial charge in [0.2, 0.25) is 0 Å². The molecule has 1 aliphatic rings. The molecular weight excluding hydrogens is 407 g/mol. The van der Waals surface area contributed by atoms with Crippen molar-refractivity contribution >= 4 is 0 Å². The van der Waals surface area contributed by atoms with Gasteiger partial charge in [0.15, 0.2) is 5.82 Å². The maximum absolute atomic E-state index is 13.6. The fourth-order valence-electron chi connectivity index (χ4n) is 4.26. The summed E-state index contributed by atoms with van der Waals surface area (Å²) in [6, 6.07) is 20.7. The molecule has 8 heteroatoms. The highest BCUT2D eigenvalue weighted by Gasteiger charge is 2.30. The highest BCUT2D eigenvalue weighted by atomic mass is 19.1. The zero-order valence-corrected chi connectivity index (χ0v) is 17.7. The molecule has 0 spiro atoms. The lowest BCUT2D eigenvalue weighted by atomic mass is 10.0. The van der Waals surface area contributed by atoms with Gasteiger partial charge in [0.25, 0.3) is 0 Å². The summed E-state index contributed by atoms with van der Waals surface area (Å²) in [5.74, 6) is 1.25. The van der Waals surface area contributed by atoms with E-state index in [-0.39, 0.29) is 11.9 Å². The number of tetrazole rings is 1. The van der Waals surface area contributed by atoms with Gasteiger partial charge in [-0.05, 0) is 45.8 Å². The van der Waals surface area contributed by atoms with Crippen molar-refractivity contribution < 1.29 is 8.81 Å². The van der Waals surface area contributed by atoms with Crippen LogP contribution >= 0.6 is 0 Å². The maximum Gasteiger partial charge on any atom is 0.173 e. The van der Waals surface area contributed by atoms with E-state index in [0.717, 1.165) is 49.9 Å². The molecule has 5 rings (SSSR count). The summed E-state index contributed by atoms with van der Waals surface area (Å²) in [7, 11) is 0. The third-order valence-electron chi connectivity index (χ3n) is 5.90. The number of piperazine rings is 1. The van der Waals surface area contributed by atoms with Crippen LogP contribution < -0.4 is 0 Å². The Morgan fingerprint density at radius 2 is 1.66 bits per heavy atom. The van der Waals surface area contributed by atoms with Crippen molar-refractivity contribution in [3.05, 3.63) is 102 Å². The predicted molar refractivity (Wildman–Crippen MR) is 117 cm³/mol. The molecule has 2 aromatic carbocycles. The van der Waals surface area contributed by atoms with E-state index in [1.54, 1.807) is 10.9 Å². The van der Waals surface area contributed by atoms with E-state index in [4.69, 9.17) is 4.42 Å². The van der Waals surface area contributed by atoms with Crippen molar-refractivity contribution in [2.24, 2.45) is 0 Å². The Bertz CT molecular complexity index is 1110. The summed E-state index contributed by atoms with van der Waals surface area (Å²) >= 11 is 0. The highest BCUT2D eigenvalue weighted by molar-refractivity contribution is 5.26. The Balaban J connectivity index is 1.37. The number of furan rings is 1. The van der Waals surface area contributed by atoms with Crippen molar-refractivity contribution in [2.75, 3.05) is 26.2 Å². The average molecular weight is 433 g/mol. The van der Waals surface area contributed by atoms with Crippen molar-refractivity contribution in [1.29, 1.82) is 0 Å². The third kappa shape index (κ3) is 4.61. The Labute approximate surface area is 186 Å². The molecule has 0 aliphatic carbocycles. The Kier molecular flexibility index (Phi) is 6.04. The second-order valence-corrected chi connectivity index (χ2v) is 8.03. The molecular formula is C24H25FN6O. The number of hydrogen-bond donors (Lipinski definition) is 0. The first kappa shape index (κ1) is 20.5. The van der Waals surface area contributed by atoms with Crippen LogP contribution in [-0.2, 0) is 13.1 Å². The van der Waals surface area contributed by atoms with Crippen LogP contribution in [0.1, 0.15) is 28.8 Å². The molecule has 4 aromatic rings. The van der Waals surface area contributed by atoms with E-state index in [1.807, 2.05) is 30.3 Å². The van der Waals surface area contributed by atoms with Gasteiger partial charge in [-0.2, -0.15) is 0 Å². The van der Waals surface area contributed by atoms with Gasteiger partial charge in [0, 0.05) is 32.7 Å². The van der Waals surface area contributed by atoms with Gasteiger partial charge < -0.3 is 4.42 Å². The van der Waals surface area contributed by atoms with Crippen LogP contribution in [-0.4, -0.2) is 56.2 Å². The lowest BCUT2D eigenvalue weighted by Crippen LogP contribution is -2.48. The minimum atomic E-state index is -0.254. The third-order valence-corrected chi connectivity index (χ3v) is 5.90. The van der Waals surface area contributed by atoms with Gasteiger partial charge >= 0.3 is 0 Å². The van der Waals surface area contributed by atoms with Crippen molar-refractivity contribution in [2.45, 2.75) is 19.1 Å². The molecule has 0 N–H and O–H groups in total. The quantitative estimate of drug-likeness (QED) is 0.446. The van der Waals surface area contributed by atoms with Crippen LogP contribution in [0.2, 0.25) is 0 Å². The fraction of sp³-hybridized carbons (Fsp3) is 0.292. The lowest BCUT2D eigenvalue weighted by molar-refractivity contribution is 0.100. The second-order valence-electron chi connectivity index (χ2n) is 8.03. The van der Waals surface area contributed by atoms with Crippen molar-refractivity contribution in [3.8, 4) is 0 Å². The predicted octanol–water partition coefficient (Wildman–Crippen LogP) is 3.36. The lowest BCUT2D eigenvalue weighted by Gasteiger charge is -2.39. The number of hydrogen-bond acceptors (Lipinski definition) is 6. The number of benzene rings is 2. The average Bonchev–Trinajstić information content (AvgIpc) is 3.50. The number of nitrogens with zero attached hydrogens (tertiary/aromatic N) is 6. The topological polar surface area (TPSA) is 63.2 Å². The summed E-state index contributed by atoms with van der Waals surface area (Å²) in [5.41, 5.74) is 2.29. The van der Waals surface area contributed by atoms with E-state index in [9.17, 15) is 4.39 Å². The van der Waals surface area contributed by atoms with Crippen LogP contribution in [0, 0.1) is 5.82 Å². The minimum absolute atomic E-state index is 0.167. The molecule has 1 fully saturated rings. The van der Waals surface area contributed by atoms with Gasteiger partial charge in [0.1, 0.15) is 18.1 Å². The smallest absolute Gasteiger partial charge is 0.173 e. The summed E-state index contributed by atoms with van der Waals surface area (Å²) in [4.78, 5) is 4.83. The summed E-state index contributed by atoms with van der Waals surface area (Å²) in [6.45, 7) is 4.98. The largest absolute Gasteiger partial charge is 0.467 e. The molecule has 32 heavy (non-hydrogen) atoms. The molecule has 0 radical (unpaired) electrons. The van der Waals surface area contributed by atoms with Crippen LogP contribution in [0.15, 0.2) is 77.4 Å². The Hall–Kier alpha value is -3.36. The Morgan fingerprint density at radius 1 is 0.875 bits per heavy atom. The first-order chi connectivity index (χ1) is 15.8. The van der Waals surface area contributed by atoms with Crippen LogP contribution in [0.5, 0.6) is 0 Å². The zero-order chi connectivity index (χ0) is 21.8. The van der Waals surface area contributed by atoms with Crippen LogP contribution in [0.3, 0.4) is 0 Å². The SMILES string of the molecule is Fc1ccc([C@@H](c2nnnn2Cc2ccco2)N2CCN(Cc3ccccc3)CC2)cc1. The van der Waals surface area contributed by atoms with Crippen molar-refractivity contribution in [3.63, 3.8) is 0 Å². The number of rotatable bonds is 7. The molecule has 0 saturated carbocycles. The Morgan fingerprint density at radius 3 is 2.38 bits per heavy atom. The van der Waals surface area contributed by atoms with Gasteiger partial charge in [-0.15, -0.1) is 5.10 Å². The maximum atomic E-state index is 13.6. The summed E-state index contributed by atoms with van der Waals surface area (Å²) < 4.78 is 20.9. The molecule has 164 valence electrons. The fourth-order valence-corrected chi connectivity index (χ4v) is 4.26. The van der Waals surface area contributed by atoms with Gasteiger partial charge in [-0.25, -0.2) is 9.07 Å². The zero-order valence-electron chi connectivity index (χ0n) is 17.7. The van der Waals surface area contributed by atoms with E-state index < -0.39 is 0 Å². The normalized spacial score (nSPS) is 16.3. The molecule has 0 unspecified atom stereocenters. The molecule has 2 aromatic heterocycles. The number of halogens is 1. The van der Waals surface area contributed by atoms with E-state index in [0.29, 0.717) is 6.54 Å². The van der Waals surface area contributed by atoms with Crippen LogP contribution in [0.4, 0.5) is 4.39 Å². The summed E-state index contributed by atoms with van der Waals surface area (Å²) in [6.07, 6.45) is 1.64. The molecule has 1 aliphatic heterocycles. The van der Waals surface area contributed by atoms with E-state index >= 15 is 0 Å². The molecule has 0 bridgehead atoms. The van der Waals surface area contributed by atoms with Gasteiger partial charge in [-0.3, -0.25) is 9.80 Å². The van der Waals surface area contributed by atoms with E-state index in [2.05, 4.69) is 49.6 Å². The molecule has 0 amide bonds. The van der Waals surface area contributed by atoms with Crippen LogP contribution in [0.25, 0.3) is 0 Å². The first-order valence-corrected chi connectivity index (χ1v) is 10.8. The first-order valence-electron chi connectivity index (χ1n) is 10.8. The minimum Gasteiger partial charge on any atom is -0.467 e. The molecule has 7 nitrogen and oxygen atoms in total. The second kappa shape index (κ2) is 9.42.